The van der Waals surface area contributed by atoms with Crippen molar-refractivity contribution in [1.82, 2.24) is 0 Å². The van der Waals surface area contributed by atoms with Gasteiger partial charge in [0.1, 0.15) is 0 Å². The lowest BCUT2D eigenvalue weighted by Crippen LogP contribution is -2.28. The Kier molecular flexibility index (Phi) is 7.30. The topological polar surface area (TPSA) is 46.5 Å². The lowest BCUT2D eigenvalue weighted by Gasteiger charge is -2.19. The zero-order chi connectivity index (χ0) is 11.9. The van der Waals surface area contributed by atoms with Gasteiger partial charge in [-0.05, 0) is 31.3 Å². The molecule has 0 spiro atoms. The summed E-state index contributed by atoms with van der Waals surface area (Å²) in [7, 11) is 0.378. The van der Waals surface area contributed by atoms with Crippen LogP contribution >= 0.6 is 11.8 Å². The lowest BCUT2D eigenvalue weighted by atomic mass is 10.2. The number of hydrogen-bond acceptors (Lipinski definition) is 3. The predicted molar refractivity (Wildman–Crippen MR) is 68.0 cm³/mol. The normalized spacial score (nSPS) is 13.9. The summed E-state index contributed by atoms with van der Waals surface area (Å²) < 4.78 is 5.44. The van der Waals surface area contributed by atoms with Gasteiger partial charge < -0.3 is 9.53 Å². The van der Waals surface area contributed by atoms with Gasteiger partial charge >= 0.3 is 5.97 Å². The first-order valence-corrected chi connectivity index (χ1v) is 9.52. The molecule has 0 saturated heterocycles. The fourth-order valence-electron chi connectivity index (χ4n) is 1.03. The molecule has 0 amide bonds. The fourth-order valence-corrected chi connectivity index (χ4v) is 3.53. The number of carboxylic acid groups (broad SMARTS) is 1. The Morgan fingerprint density at radius 2 is 2.13 bits per heavy atom. The quantitative estimate of drug-likeness (QED) is 0.531. The third-order valence-electron chi connectivity index (χ3n) is 2.41. The van der Waals surface area contributed by atoms with Crippen LogP contribution in [0.1, 0.15) is 13.3 Å². The second-order valence-electron chi connectivity index (χ2n) is 4.38. The SMILES string of the molecule is CO[Si](C)(C)CCCSCC(C)C(=O)O. The largest absolute Gasteiger partial charge is 0.481 e. The van der Waals surface area contributed by atoms with E-state index in [4.69, 9.17) is 9.53 Å². The number of carboxylic acids is 1. The zero-order valence-corrected chi connectivity index (χ0v) is 11.9. The molecule has 0 aromatic rings. The summed E-state index contributed by atoms with van der Waals surface area (Å²) in [5.74, 6) is 0.818. The van der Waals surface area contributed by atoms with Gasteiger partial charge in [0.25, 0.3) is 0 Å². The molecule has 0 aliphatic heterocycles. The minimum Gasteiger partial charge on any atom is -0.481 e. The van der Waals surface area contributed by atoms with Gasteiger partial charge in [-0.2, -0.15) is 11.8 Å². The number of thioether (sulfide) groups is 1. The molecule has 90 valence electrons. The molecule has 3 nitrogen and oxygen atoms in total. The summed E-state index contributed by atoms with van der Waals surface area (Å²) in [6.45, 7) is 6.16. The second-order valence-corrected chi connectivity index (χ2v) is 9.96. The highest BCUT2D eigenvalue weighted by molar-refractivity contribution is 7.99. The Balaban J connectivity index is 3.44. The summed E-state index contributed by atoms with van der Waals surface area (Å²) in [5, 5.41) is 8.68. The summed E-state index contributed by atoms with van der Waals surface area (Å²) >= 11 is 1.73. The summed E-state index contributed by atoms with van der Waals surface area (Å²) in [4.78, 5) is 10.5. The van der Waals surface area contributed by atoms with Crippen LogP contribution in [0, 0.1) is 5.92 Å². The van der Waals surface area contributed by atoms with Crippen molar-refractivity contribution < 1.29 is 14.3 Å². The molecule has 1 atom stereocenters. The summed E-state index contributed by atoms with van der Waals surface area (Å²) in [6.07, 6.45) is 1.13. The van der Waals surface area contributed by atoms with E-state index in [-0.39, 0.29) is 5.92 Å². The molecule has 0 aliphatic rings. The molecule has 0 rings (SSSR count). The molecular weight excluding hydrogens is 228 g/mol. The first kappa shape index (κ1) is 15.0. The van der Waals surface area contributed by atoms with E-state index < -0.39 is 14.3 Å². The van der Waals surface area contributed by atoms with E-state index in [1.165, 1.54) is 0 Å². The van der Waals surface area contributed by atoms with Crippen LogP contribution < -0.4 is 0 Å². The molecule has 0 heterocycles. The Hall–Kier alpha value is -0.00312. The number of aliphatic carboxylic acids is 1. The third-order valence-corrected chi connectivity index (χ3v) is 6.39. The van der Waals surface area contributed by atoms with Gasteiger partial charge in [0.05, 0.1) is 5.92 Å². The van der Waals surface area contributed by atoms with Gasteiger partial charge in [-0.3, -0.25) is 4.79 Å². The maximum Gasteiger partial charge on any atom is 0.307 e. The minimum atomic E-state index is -1.41. The number of hydrogen-bond donors (Lipinski definition) is 1. The average Bonchev–Trinajstić information content (AvgIpc) is 2.16. The molecule has 0 aromatic heterocycles. The molecule has 0 bridgehead atoms. The maximum absolute atomic E-state index is 10.5. The summed E-state index contributed by atoms with van der Waals surface area (Å²) in [5.41, 5.74) is 0. The van der Waals surface area contributed by atoms with Crippen LogP contribution in [0.2, 0.25) is 19.1 Å². The van der Waals surface area contributed by atoms with Crippen molar-refractivity contribution in [2.45, 2.75) is 32.5 Å². The molecule has 0 aromatic carbocycles. The lowest BCUT2D eigenvalue weighted by molar-refractivity contribution is -0.140. The predicted octanol–water partition coefficient (Wildman–Crippen LogP) is 2.68. The standard InChI is InChI=1S/C10H22O3SSi/c1-9(10(11)12)8-14-6-5-7-15(3,4)13-2/h9H,5-8H2,1-4H3,(H,11,12). The minimum absolute atomic E-state index is 0.234. The first-order chi connectivity index (χ1) is 6.89. The van der Waals surface area contributed by atoms with Crippen molar-refractivity contribution >= 4 is 26.0 Å². The smallest absolute Gasteiger partial charge is 0.307 e. The highest BCUT2D eigenvalue weighted by Crippen LogP contribution is 2.16. The Bertz CT molecular complexity index is 197. The highest BCUT2D eigenvalue weighted by atomic mass is 32.2. The van der Waals surface area contributed by atoms with Gasteiger partial charge in [-0.15, -0.1) is 0 Å². The van der Waals surface area contributed by atoms with E-state index in [0.29, 0.717) is 5.75 Å². The van der Waals surface area contributed by atoms with Crippen LogP contribution in [0.3, 0.4) is 0 Å². The van der Waals surface area contributed by atoms with Crippen LogP contribution in [0.4, 0.5) is 0 Å². The van der Waals surface area contributed by atoms with E-state index in [1.807, 2.05) is 0 Å². The van der Waals surface area contributed by atoms with Gasteiger partial charge in [-0.1, -0.05) is 6.92 Å². The molecule has 5 heteroatoms. The molecule has 0 saturated carbocycles. The summed E-state index contributed by atoms with van der Waals surface area (Å²) in [6, 6.07) is 1.15. The average molecular weight is 250 g/mol. The van der Waals surface area contributed by atoms with E-state index in [1.54, 1.807) is 25.8 Å². The molecule has 0 fully saturated rings. The molecule has 1 N–H and O–H groups in total. The molecule has 1 unspecified atom stereocenters. The molecular formula is C10H22O3SSi. The van der Waals surface area contributed by atoms with Crippen LogP contribution in [-0.2, 0) is 9.22 Å². The first-order valence-electron chi connectivity index (χ1n) is 5.25. The van der Waals surface area contributed by atoms with Gasteiger partial charge in [0.15, 0.2) is 8.32 Å². The molecule has 0 radical (unpaired) electrons. The molecule has 15 heavy (non-hydrogen) atoms. The second kappa shape index (κ2) is 7.30. The maximum atomic E-state index is 10.5. The van der Waals surface area contributed by atoms with Crippen molar-refractivity contribution in [1.29, 1.82) is 0 Å². The van der Waals surface area contributed by atoms with Gasteiger partial charge in [0, 0.05) is 12.9 Å². The van der Waals surface area contributed by atoms with Crippen molar-refractivity contribution in [3.05, 3.63) is 0 Å². The van der Waals surface area contributed by atoms with E-state index in [9.17, 15) is 4.79 Å². The number of rotatable bonds is 8. The van der Waals surface area contributed by atoms with Crippen LogP contribution in [0.5, 0.6) is 0 Å². The highest BCUT2D eigenvalue weighted by Gasteiger charge is 2.19. The van der Waals surface area contributed by atoms with Crippen LogP contribution in [0.25, 0.3) is 0 Å². The zero-order valence-electron chi connectivity index (χ0n) is 10.1. The van der Waals surface area contributed by atoms with Gasteiger partial charge in [0.2, 0.25) is 0 Å². The van der Waals surface area contributed by atoms with E-state index in [2.05, 4.69) is 13.1 Å². The third kappa shape index (κ3) is 7.87. The van der Waals surface area contributed by atoms with Crippen LogP contribution in [0.15, 0.2) is 0 Å². The Morgan fingerprint density at radius 1 is 1.53 bits per heavy atom. The van der Waals surface area contributed by atoms with Gasteiger partial charge in [-0.25, -0.2) is 0 Å². The van der Waals surface area contributed by atoms with Crippen molar-refractivity contribution in [2.24, 2.45) is 5.92 Å². The van der Waals surface area contributed by atoms with E-state index >= 15 is 0 Å². The Morgan fingerprint density at radius 3 is 2.60 bits per heavy atom. The number of carbonyl (C=O) groups is 1. The molecule has 0 aliphatic carbocycles. The van der Waals surface area contributed by atoms with Crippen molar-refractivity contribution in [2.75, 3.05) is 18.6 Å². The van der Waals surface area contributed by atoms with Crippen LogP contribution in [-0.4, -0.2) is 38.0 Å². The fraction of sp³-hybridized carbons (Fsp3) is 0.900. The van der Waals surface area contributed by atoms with E-state index in [0.717, 1.165) is 18.2 Å². The van der Waals surface area contributed by atoms with Crippen molar-refractivity contribution in [3.8, 4) is 0 Å². The van der Waals surface area contributed by atoms with Crippen molar-refractivity contribution in [3.63, 3.8) is 0 Å². The monoisotopic (exact) mass is 250 g/mol. The Labute approximate surface area is 97.7 Å².